The maximum Gasteiger partial charge on any atom is -0.0190 e. The van der Waals surface area contributed by atoms with Gasteiger partial charge in [0.25, 0.3) is 0 Å². The minimum absolute atomic E-state index is 0.709. The average Bonchev–Trinajstić information content (AvgIpc) is 2.30. The minimum atomic E-state index is 0.709. The van der Waals surface area contributed by atoms with Gasteiger partial charge in [0.2, 0.25) is 0 Å². The molecule has 0 aromatic heterocycles. The van der Waals surface area contributed by atoms with E-state index in [4.69, 9.17) is 0 Å². The van der Waals surface area contributed by atoms with Crippen molar-refractivity contribution in [2.45, 2.75) is 51.9 Å². The molecule has 0 nitrogen and oxygen atoms in total. The predicted molar refractivity (Wildman–Crippen MR) is 67.9 cm³/mol. The SMILES string of the molecule is CCC[CH]CCCC(C)c1ccccc1. The molecule has 1 unspecified atom stereocenters. The zero-order valence-corrected chi connectivity index (χ0v) is 10.1. The molecule has 1 rings (SSSR count). The first-order valence-electron chi connectivity index (χ1n) is 6.21. The summed E-state index contributed by atoms with van der Waals surface area (Å²) in [4.78, 5) is 0. The van der Waals surface area contributed by atoms with E-state index >= 15 is 0 Å². The molecule has 0 heteroatoms. The van der Waals surface area contributed by atoms with E-state index < -0.39 is 0 Å². The Morgan fingerprint density at radius 1 is 1.13 bits per heavy atom. The van der Waals surface area contributed by atoms with E-state index in [1.54, 1.807) is 0 Å². The van der Waals surface area contributed by atoms with Crippen molar-refractivity contribution in [1.29, 1.82) is 0 Å². The number of rotatable bonds is 7. The first-order valence-corrected chi connectivity index (χ1v) is 6.21. The third-order valence-electron chi connectivity index (χ3n) is 2.91. The van der Waals surface area contributed by atoms with Crippen molar-refractivity contribution >= 4 is 0 Å². The summed E-state index contributed by atoms with van der Waals surface area (Å²) in [5.41, 5.74) is 1.48. The van der Waals surface area contributed by atoms with Crippen LogP contribution in [0.3, 0.4) is 0 Å². The largest absolute Gasteiger partial charge is 0.0654 e. The Morgan fingerprint density at radius 3 is 2.53 bits per heavy atom. The second kappa shape index (κ2) is 7.50. The second-order valence-corrected chi connectivity index (χ2v) is 4.32. The highest BCUT2D eigenvalue weighted by atomic mass is 14.1. The van der Waals surface area contributed by atoms with Gasteiger partial charge >= 0.3 is 0 Å². The molecular formula is C15H23. The molecule has 83 valence electrons. The third-order valence-corrected chi connectivity index (χ3v) is 2.91. The van der Waals surface area contributed by atoms with Gasteiger partial charge in [-0.1, -0.05) is 69.9 Å². The van der Waals surface area contributed by atoms with E-state index in [-0.39, 0.29) is 0 Å². The molecule has 0 amide bonds. The Bertz CT molecular complexity index is 237. The van der Waals surface area contributed by atoms with Crippen LogP contribution in [0, 0.1) is 6.42 Å². The van der Waals surface area contributed by atoms with Gasteiger partial charge in [0, 0.05) is 0 Å². The summed E-state index contributed by atoms with van der Waals surface area (Å²) >= 11 is 0. The Balaban J connectivity index is 2.16. The van der Waals surface area contributed by atoms with Crippen LogP contribution in [0.1, 0.15) is 57.4 Å². The maximum atomic E-state index is 2.43. The van der Waals surface area contributed by atoms with E-state index in [9.17, 15) is 0 Å². The van der Waals surface area contributed by atoms with Crippen LogP contribution >= 0.6 is 0 Å². The van der Waals surface area contributed by atoms with Gasteiger partial charge in [-0.25, -0.2) is 0 Å². The van der Waals surface area contributed by atoms with Crippen LogP contribution in [0.4, 0.5) is 0 Å². The maximum absolute atomic E-state index is 2.43. The van der Waals surface area contributed by atoms with Gasteiger partial charge in [-0.05, 0) is 24.3 Å². The highest BCUT2D eigenvalue weighted by Gasteiger charge is 2.03. The zero-order chi connectivity index (χ0) is 10.9. The molecule has 0 aliphatic carbocycles. The number of unbranched alkanes of at least 4 members (excludes halogenated alkanes) is 4. The van der Waals surface area contributed by atoms with Crippen LogP contribution in [0.2, 0.25) is 0 Å². The van der Waals surface area contributed by atoms with Gasteiger partial charge in [-0.2, -0.15) is 0 Å². The molecule has 0 fully saturated rings. The summed E-state index contributed by atoms with van der Waals surface area (Å²) in [6, 6.07) is 10.8. The summed E-state index contributed by atoms with van der Waals surface area (Å²) in [7, 11) is 0. The molecule has 1 radical (unpaired) electrons. The molecule has 1 aromatic rings. The molecule has 0 spiro atoms. The molecule has 0 bridgehead atoms. The van der Waals surface area contributed by atoms with E-state index in [1.165, 1.54) is 37.7 Å². The fourth-order valence-corrected chi connectivity index (χ4v) is 1.87. The summed E-state index contributed by atoms with van der Waals surface area (Å²) in [6.45, 7) is 4.57. The topological polar surface area (TPSA) is 0 Å². The molecule has 0 aliphatic rings. The molecule has 0 saturated heterocycles. The number of benzene rings is 1. The molecule has 1 atom stereocenters. The Hall–Kier alpha value is -0.780. The lowest BCUT2D eigenvalue weighted by atomic mass is 9.95. The first kappa shape index (κ1) is 12.3. The van der Waals surface area contributed by atoms with Gasteiger partial charge in [0.1, 0.15) is 0 Å². The first-order chi connectivity index (χ1) is 7.34. The van der Waals surface area contributed by atoms with Crippen molar-refractivity contribution in [3.8, 4) is 0 Å². The van der Waals surface area contributed by atoms with Crippen LogP contribution in [0.15, 0.2) is 30.3 Å². The van der Waals surface area contributed by atoms with Crippen molar-refractivity contribution in [2.24, 2.45) is 0 Å². The van der Waals surface area contributed by atoms with Crippen molar-refractivity contribution in [1.82, 2.24) is 0 Å². The predicted octanol–water partition coefficient (Wildman–Crippen LogP) is 4.96. The fraction of sp³-hybridized carbons (Fsp3) is 0.533. The monoisotopic (exact) mass is 203 g/mol. The van der Waals surface area contributed by atoms with Gasteiger partial charge in [-0.15, -0.1) is 0 Å². The molecule has 15 heavy (non-hydrogen) atoms. The van der Waals surface area contributed by atoms with Crippen LogP contribution in [-0.2, 0) is 0 Å². The second-order valence-electron chi connectivity index (χ2n) is 4.32. The lowest BCUT2D eigenvalue weighted by Gasteiger charge is -2.11. The zero-order valence-electron chi connectivity index (χ0n) is 10.1. The van der Waals surface area contributed by atoms with Crippen LogP contribution in [-0.4, -0.2) is 0 Å². The Labute approximate surface area is 94.7 Å². The molecule has 0 heterocycles. The van der Waals surface area contributed by atoms with E-state index in [0.717, 1.165) is 0 Å². The minimum Gasteiger partial charge on any atom is -0.0654 e. The summed E-state index contributed by atoms with van der Waals surface area (Å²) in [5, 5.41) is 0. The normalized spacial score (nSPS) is 12.7. The molecule has 1 aromatic carbocycles. The standard InChI is InChI=1S/C15H23/c1-3-4-5-6-8-11-14(2)15-12-9-7-10-13-15/h5,7,9-10,12-14H,3-4,6,8,11H2,1-2H3. The van der Waals surface area contributed by atoms with Crippen LogP contribution in [0.25, 0.3) is 0 Å². The highest BCUT2D eigenvalue weighted by Crippen LogP contribution is 2.21. The Morgan fingerprint density at radius 2 is 1.87 bits per heavy atom. The van der Waals surface area contributed by atoms with E-state index in [1.807, 2.05) is 0 Å². The quantitative estimate of drug-likeness (QED) is 0.549. The average molecular weight is 203 g/mol. The number of hydrogen-bond acceptors (Lipinski definition) is 0. The third kappa shape index (κ3) is 5.01. The molecule has 0 saturated carbocycles. The van der Waals surface area contributed by atoms with Crippen molar-refractivity contribution in [3.05, 3.63) is 42.3 Å². The van der Waals surface area contributed by atoms with Gasteiger partial charge in [0.05, 0.1) is 0 Å². The smallest absolute Gasteiger partial charge is 0.0190 e. The van der Waals surface area contributed by atoms with E-state index in [2.05, 4.69) is 50.6 Å². The highest BCUT2D eigenvalue weighted by molar-refractivity contribution is 5.18. The van der Waals surface area contributed by atoms with Gasteiger partial charge in [0.15, 0.2) is 0 Å². The summed E-state index contributed by atoms with van der Waals surface area (Å²) in [5.74, 6) is 0.709. The van der Waals surface area contributed by atoms with Crippen molar-refractivity contribution < 1.29 is 0 Å². The van der Waals surface area contributed by atoms with Crippen LogP contribution in [0.5, 0.6) is 0 Å². The lowest BCUT2D eigenvalue weighted by Crippen LogP contribution is -1.93. The molecular weight excluding hydrogens is 180 g/mol. The molecule has 0 aliphatic heterocycles. The summed E-state index contributed by atoms with van der Waals surface area (Å²) in [6.07, 6.45) is 8.91. The number of hydrogen-bond donors (Lipinski definition) is 0. The summed E-state index contributed by atoms with van der Waals surface area (Å²) < 4.78 is 0. The van der Waals surface area contributed by atoms with Crippen molar-refractivity contribution in [3.63, 3.8) is 0 Å². The lowest BCUT2D eigenvalue weighted by molar-refractivity contribution is 0.620. The van der Waals surface area contributed by atoms with Gasteiger partial charge in [-0.3, -0.25) is 0 Å². The van der Waals surface area contributed by atoms with E-state index in [0.29, 0.717) is 5.92 Å². The van der Waals surface area contributed by atoms with Crippen molar-refractivity contribution in [2.75, 3.05) is 0 Å². The molecule has 0 N–H and O–H groups in total. The fourth-order valence-electron chi connectivity index (χ4n) is 1.87. The van der Waals surface area contributed by atoms with Crippen LogP contribution < -0.4 is 0 Å². The Kier molecular flexibility index (Phi) is 6.15. The van der Waals surface area contributed by atoms with Gasteiger partial charge < -0.3 is 0 Å².